The molecule has 1 N–H and O–H groups in total. The van der Waals surface area contributed by atoms with Crippen LogP contribution in [0.5, 0.6) is 0 Å². The molecule has 5 heteroatoms. The summed E-state index contributed by atoms with van der Waals surface area (Å²) in [6.07, 6.45) is 4.65. The van der Waals surface area contributed by atoms with Crippen LogP contribution in [-0.4, -0.2) is 56.0 Å². The first-order valence-electron chi connectivity index (χ1n) is 10.8. The summed E-state index contributed by atoms with van der Waals surface area (Å²) in [5, 5.41) is 3.47. The van der Waals surface area contributed by atoms with Crippen molar-refractivity contribution >= 4 is 21.8 Å². The van der Waals surface area contributed by atoms with Gasteiger partial charge in [-0.25, -0.2) is 0 Å². The van der Waals surface area contributed by atoms with Crippen molar-refractivity contribution in [3.05, 3.63) is 68.4 Å². The molecule has 1 aromatic carbocycles. The first kappa shape index (κ1) is 22.8. The van der Waals surface area contributed by atoms with Gasteiger partial charge in [-0.3, -0.25) is 9.69 Å². The van der Waals surface area contributed by atoms with E-state index in [1.54, 1.807) is 19.0 Å². The Bertz CT molecular complexity index is 872. The molecule has 3 rings (SSSR count). The van der Waals surface area contributed by atoms with E-state index in [0.717, 1.165) is 31.7 Å². The summed E-state index contributed by atoms with van der Waals surface area (Å²) in [7, 11) is 3.59. The lowest BCUT2D eigenvalue weighted by atomic mass is 9.88. The molecule has 2 aliphatic rings. The summed E-state index contributed by atoms with van der Waals surface area (Å²) in [4.78, 5) is 16.3. The predicted octanol–water partition coefficient (Wildman–Crippen LogP) is 5.06. The number of carbonyl (C=O) groups excluding carboxylic acids is 1. The van der Waals surface area contributed by atoms with E-state index in [4.69, 9.17) is 0 Å². The van der Waals surface area contributed by atoms with Gasteiger partial charge in [0.05, 0.1) is 0 Å². The number of dihydropyridines is 1. The van der Waals surface area contributed by atoms with Crippen molar-refractivity contribution < 1.29 is 4.79 Å². The molecule has 162 valence electrons. The number of amides is 1. The number of hydrogen-bond acceptors (Lipinski definition) is 3. The summed E-state index contributed by atoms with van der Waals surface area (Å²) in [5.41, 5.74) is 7.37. The van der Waals surface area contributed by atoms with Crippen LogP contribution >= 0.6 is 15.9 Å². The molecular formula is C25H34BrN3O. The van der Waals surface area contributed by atoms with Crippen molar-refractivity contribution in [2.75, 3.05) is 40.3 Å². The highest BCUT2D eigenvalue weighted by Crippen LogP contribution is 2.31. The Morgan fingerprint density at radius 2 is 1.83 bits per heavy atom. The standard InChI is InChI=1S/C25H34BrN3O/c1-17(14-23-19(3)27-15-18(2)24(23)26)16-29-12-10-21(11-13-29)20-6-8-22(9-7-20)25(30)28(4)5/h6-9,14,21,27H,10-13,15-16H2,1-5H3/b17-14+. The molecule has 0 aliphatic carbocycles. The molecule has 4 nitrogen and oxygen atoms in total. The largest absolute Gasteiger partial charge is 0.384 e. The topological polar surface area (TPSA) is 35.6 Å². The Hall–Kier alpha value is -1.85. The second kappa shape index (κ2) is 9.97. The van der Waals surface area contributed by atoms with E-state index in [2.05, 4.69) is 65.1 Å². The van der Waals surface area contributed by atoms with E-state index >= 15 is 0 Å². The molecule has 0 bridgehead atoms. The van der Waals surface area contributed by atoms with Crippen LogP contribution in [0, 0.1) is 0 Å². The van der Waals surface area contributed by atoms with Gasteiger partial charge in [0.25, 0.3) is 5.91 Å². The van der Waals surface area contributed by atoms with Gasteiger partial charge in [-0.05, 0) is 75.9 Å². The molecule has 1 fully saturated rings. The smallest absolute Gasteiger partial charge is 0.253 e. The third-order valence-corrected chi connectivity index (χ3v) is 7.22. The van der Waals surface area contributed by atoms with Crippen LogP contribution in [0.4, 0.5) is 0 Å². The molecule has 1 saturated heterocycles. The Balaban J connectivity index is 1.56. The Labute approximate surface area is 189 Å². The van der Waals surface area contributed by atoms with Gasteiger partial charge in [0.15, 0.2) is 0 Å². The van der Waals surface area contributed by atoms with Crippen LogP contribution in [-0.2, 0) is 0 Å². The second-order valence-electron chi connectivity index (χ2n) is 8.85. The lowest BCUT2D eigenvalue weighted by molar-refractivity contribution is 0.0827. The molecule has 0 saturated carbocycles. The number of rotatable bonds is 5. The number of nitrogens with one attached hydrogen (secondary N) is 1. The first-order chi connectivity index (χ1) is 14.3. The number of hydrogen-bond donors (Lipinski definition) is 1. The highest BCUT2D eigenvalue weighted by Gasteiger charge is 2.21. The SMILES string of the molecule is CC1=C(Br)C(/C=C(\C)CN2CCC(c3ccc(C(=O)N(C)C)cc3)CC2)=C(C)NC1. The molecule has 0 atom stereocenters. The minimum absolute atomic E-state index is 0.0637. The number of piperidine rings is 1. The number of benzene rings is 1. The average Bonchev–Trinajstić information content (AvgIpc) is 2.74. The van der Waals surface area contributed by atoms with Crippen molar-refractivity contribution in [1.29, 1.82) is 0 Å². The van der Waals surface area contributed by atoms with Crippen molar-refractivity contribution in [1.82, 2.24) is 15.1 Å². The molecule has 1 aromatic rings. The van der Waals surface area contributed by atoms with Gasteiger partial charge in [-0.1, -0.05) is 39.7 Å². The van der Waals surface area contributed by atoms with E-state index in [1.807, 2.05) is 12.1 Å². The summed E-state index contributed by atoms with van der Waals surface area (Å²) < 4.78 is 1.23. The first-order valence-corrected chi connectivity index (χ1v) is 11.6. The molecule has 2 heterocycles. The van der Waals surface area contributed by atoms with Crippen molar-refractivity contribution in [3.8, 4) is 0 Å². The van der Waals surface area contributed by atoms with E-state index in [0.29, 0.717) is 5.92 Å². The van der Waals surface area contributed by atoms with E-state index in [-0.39, 0.29) is 5.91 Å². The number of nitrogens with zero attached hydrogens (tertiary/aromatic N) is 2. The maximum absolute atomic E-state index is 12.1. The molecule has 0 aromatic heterocycles. The van der Waals surface area contributed by atoms with E-state index in [9.17, 15) is 4.79 Å². The molecule has 30 heavy (non-hydrogen) atoms. The van der Waals surface area contributed by atoms with Gasteiger partial charge in [-0.2, -0.15) is 0 Å². The summed E-state index contributed by atoms with van der Waals surface area (Å²) in [6.45, 7) is 10.7. The normalized spacial score (nSPS) is 19.2. The molecule has 0 radical (unpaired) electrons. The van der Waals surface area contributed by atoms with Gasteiger partial charge in [-0.15, -0.1) is 0 Å². The van der Waals surface area contributed by atoms with Gasteiger partial charge >= 0.3 is 0 Å². The molecule has 0 spiro atoms. The van der Waals surface area contributed by atoms with Gasteiger partial charge in [0, 0.05) is 48.5 Å². The minimum Gasteiger partial charge on any atom is -0.384 e. The quantitative estimate of drug-likeness (QED) is 0.651. The average molecular weight is 472 g/mol. The molecule has 0 unspecified atom stereocenters. The number of halogens is 1. The van der Waals surface area contributed by atoms with Gasteiger partial charge in [0.2, 0.25) is 0 Å². The Morgan fingerprint density at radius 3 is 2.43 bits per heavy atom. The fraction of sp³-hybridized carbons (Fsp3) is 0.480. The van der Waals surface area contributed by atoms with Crippen molar-refractivity contribution in [3.63, 3.8) is 0 Å². The van der Waals surface area contributed by atoms with Crippen LogP contribution in [0.3, 0.4) is 0 Å². The monoisotopic (exact) mass is 471 g/mol. The van der Waals surface area contributed by atoms with Crippen molar-refractivity contribution in [2.45, 2.75) is 39.5 Å². The van der Waals surface area contributed by atoms with Gasteiger partial charge in [0.1, 0.15) is 0 Å². The third kappa shape index (κ3) is 5.44. The zero-order valence-electron chi connectivity index (χ0n) is 18.9. The van der Waals surface area contributed by atoms with Crippen LogP contribution in [0.15, 0.2) is 57.2 Å². The summed E-state index contributed by atoms with van der Waals surface area (Å²) in [6, 6.07) is 8.22. The highest BCUT2D eigenvalue weighted by molar-refractivity contribution is 9.12. The van der Waals surface area contributed by atoms with Crippen LogP contribution in [0.1, 0.15) is 55.5 Å². The van der Waals surface area contributed by atoms with Gasteiger partial charge < -0.3 is 10.2 Å². The van der Waals surface area contributed by atoms with Crippen LogP contribution < -0.4 is 5.32 Å². The lowest BCUT2D eigenvalue weighted by Gasteiger charge is -2.32. The number of allylic oxidation sites excluding steroid dienone is 4. The third-order valence-electron chi connectivity index (χ3n) is 6.12. The maximum Gasteiger partial charge on any atom is 0.253 e. The van der Waals surface area contributed by atoms with Crippen LogP contribution in [0.2, 0.25) is 0 Å². The Morgan fingerprint density at radius 1 is 1.20 bits per heavy atom. The lowest BCUT2D eigenvalue weighted by Crippen LogP contribution is -2.34. The Kier molecular flexibility index (Phi) is 7.59. The number of carbonyl (C=O) groups is 1. The van der Waals surface area contributed by atoms with Crippen molar-refractivity contribution in [2.24, 2.45) is 0 Å². The minimum atomic E-state index is 0.0637. The number of likely N-dealkylation sites (tertiary alicyclic amines) is 1. The maximum atomic E-state index is 12.1. The molecular weight excluding hydrogens is 438 g/mol. The van der Waals surface area contributed by atoms with Crippen LogP contribution in [0.25, 0.3) is 0 Å². The second-order valence-corrected chi connectivity index (χ2v) is 9.64. The zero-order chi connectivity index (χ0) is 21.8. The summed E-state index contributed by atoms with van der Waals surface area (Å²) >= 11 is 3.77. The highest BCUT2D eigenvalue weighted by atomic mass is 79.9. The predicted molar refractivity (Wildman–Crippen MR) is 129 cm³/mol. The summed E-state index contributed by atoms with van der Waals surface area (Å²) in [5.74, 6) is 0.648. The molecule has 2 aliphatic heterocycles. The fourth-order valence-electron chi connectivity index (χ4n) is 4.23. The fourth-order valence-corrected chi connectivity index (χ4v) is 4.78. The van der Waals surface area contributed by atoms with E-state index < -0.39 is 0 Å². The zero-order valence-corrected chi connectivity index (χ0v) is 20.5. The van der Waals surface area contributed by atoms with E-state index in [1.165, 1.54) is 45.3 Å². The molecule has 1 amide bonds.